The van der Waals surface area contributed by atoms with E-state index in [1.54, 1.807) is 12.1 Å². The van der Waals surface area contributed by atoms with Crippen LogP contribution in [0.1, 0.15) is 27.7 Å². The molecule has 0 spiro atoms. The van der Waals surface area contributed by atoms with E-state index in [0.29, 0.717) is 22.9 Å². The molecule has 124 valence electrons. The molecule has 0 bridgehead atoms. The van der Waals surface area contributed by atoms with Crippen molar-refractivity contribution in [2.45, 2.75) is 33.7 Å². The monoisotopic (exact) mass is 310 g/mol. The Bertz CT molecular complexity index is 498. The summed E-state index contributed by atoms with van der Waals surface area (Å²) in [7, 11) is 4.59. The van der Waals surface area contributed by atoms with Gasteiger partial charge in [0.15, 0.2) is 11.5 Å². The molecule has 1 aromatic carbocycles. The van der Waals surface area contributed by atoms with E-state index in [1.807, 2.05) is 6.92 Å². The van der Waals surface area contributed by atoms with Gasteiger partial charge in [0.1, 0.15) is 0 Å². The Kier molecular flexibility index (Phi) is 5.91. The van der Waals surface area contributed by atoms with Crippen LogP contribution in [-0.4, -0.2) is 33.4 Å². The van der Waals surface area contributed by atoms with Gasteiger partial charge in [0, 0.05) is 18.2 Å². The Morgan fingerprint density at radius 1 is 1.05 bits per heavy atom. The zero-order valence-corrected chi connectivity index (χ0v) is 14.4. The lowest BCUT2D eigenvalue weighted by atomic mass is 9.88. The molecule has 22 heavy (non-hydrogen) atoms. The van der Waals surface area contributed by atoms with Gasteiger partial charge in [0.25, 0.3) is 0 Å². The molecule has 6 nitrogen and oxygen atoms in total. The molecule has 1 rings (SSSR count). The molecule has 2 N–H and O–H groups in total. The van der Waals surface area contributed by atoms with Gasteiger partial charge < -0.3 is 24.8 Å². The third-order valence-electron chi connectivity index (χ3n) is 3.57. The maximum absolute atomic E-state index is 12.1. The number of benzene rings is 1. The molecule has 6 heteroatoms. The number of ether oxygens (including phenoxy) is 3. The summed E-state index contributed by atoms with van der Waals surface area (Å²) in [6.07, 6.45) is 0. The lowest BCUT2D eigenvalue weighted by Gasteiger charge is -2.28. The number of carbonyl (C=O) groups excluding carboxylic acids is 1. The highest BCUT2D eigenvalue weighted by Gasteiger charge is 2.22. The second-order valence-electron chi connectivity index (χ2n) is 6.10. The third-order valence-corrected chi connectivity index (χ3v) is 3.57. The molecule has 0 aliphatic carbocycles. The summed E-state index contributed by atoms with van der Waals surface area (Å²) < 4.78 is 15.8. The molecule has 2 amide bonds. The minimum absolute atomic E-state index is 0.0212. The van der Waals surface area contributed by atoms with Crippen LogP contribution < -0.4 is 24.8 Å². The second-order valence-corrected chi connectivity index (χ2v) is 6.10. The summed E-state index contributed by atoms with van der Waals surface area (Å²) in [5.74, 6) is 1.46. The van der Waals surface area contributed by atoms with Crippen LogP contribution in [0.5, 0.6) is 17.2 Å². The number of rotatable bonds is 5. The van der Waals surface area contributed by atoms with Crippen LogP contribution in [0.15, 0.2) is 12.1 Å². The predicted octanol–water partition coefficient (Wildman–Crippen LogP) is 3.27. The van der Waals surface area contributed by atoms with Gasteiger partial charge in [0.2, 0.25) is 5.75 Å². The lowest BCUT2D eigenvalue weighted by molar-refractivity contribution is 0.233. The Hall–Kier alpha value is -2.11. The van der Waals surface area contributed by atoms with Crippen molar-refractivity contribution < 1.29 is 19.0 Å². The number of urea groups is 1. The molecule has 0 saturated carbocycles. The number of hydrogen-bond donors (Lipinski definition) is 2. The van der Waals surface area contributed by atoms with E-state index in [2.05, 4.69) is 31.4 Å². The molecule has 0 aliphatic heterocycles. The normalized spacial score (nSPS) is 12.3. The van der Waals surface area contributed by atoms with Gasteiger partial charge in [-0.05, 0) is 12.3 Å². The number of nitrogens with one attached hydrogen (secondary N) is 2. The Morgan fingerprint density at radius 2 is 1.55 bits per heavy atom. The lowest BCUT2D eigenvalue weighted by Crippen LogP contribution is -2.43. The van der Waals surface area contributed by atoms with E-state index in [9.17, 15) is 4.79 Å². The van der Waals surface area contributed by atoms with Crippen molar-refractivity contribution in [3.05, 3.63) is 12.1 Å². The Morgan fingerprint density at radius 3 is 1.91 bits per heavy atom. The highest BCUT2D eigenvalue weighted by molar-refractivity contribution is 5.90. The van der Waals surface area contributed by atoms with Crippen LogP contribution in [-0.2, 0) is 0 Å². The highest BCUT2D eigenvalue weighted by atomic mass is 16.5. The molecular weight excluding hydrogens is 284 g/mol. The molecule has 1 atom stereocenters. The summed E-state index contributed by atoms with van der Waals surface area (Å²) in [4.78, 5) is 12.1. The number of methoxy groups -OCH3 is 3. The van der Waals surface area contributed by atoms with Gasteiger partial charge in [-0.3, -0.25) is 0 Å². The van der Waals surface area contributed by atoms with Crippen molar-refractivity contribution in [2.75, 3.05) is 26.6 Å². The standard InChI is InChI=1S/C16H26N2O4/c1-10(16(2,3)4)17-15(19)18-11-8-12(20-5)14(22-7)13(9-11)21-6/h8-10H,1-7H3,(H2,17,18,19). The van der Waals surface area contributed by atoms with Gasteiger partial charge in [0.05, 0.1) is 27.0 Å². The largest absolute Gasteiger partial charge is 0.493 e. The number of amides is 2. The van der Waals surface area contributed by atoms with E-state index >= 15 is 0 Å². The van der Waals surface area contributed by atoms with Crippen molar-refractivity contribution >= 4 is 11.7 Å². The first-order valence-electron chi connectivity index (χ1n) is 7.10. The van der Waals surface area contributed by atoms with Crippen molar-refractivity contribution in [1.82, 2.24) is 5.32 Å². The van der Waals surface area contributed by atoms with Crippen LogP contribution in [0.25, 0.3) is 0 Å². The van der Waals surface area contributed by atoms with Crippen molar-refractivity contribution in [1.29, 1.82) is 0 Å². The van der Waals surface area contributed by atoms with E-state index in [0.717, 1.165) is 0 Å². The van der Waals surface area contributed by atoms with Crippen LogP contribution in [0.2, 0.25) is 0 Å². The van der Waals surface area contributed by atoms with Gasteiger partial charge in [-0.1, -0.05) is 20.8 Å². The molecular formula is C16H26N2O4. The van der Waals surface area contributed by atoms with E-state index in [-0.39, 0.29) is 17.5 Å². The molecule has 0 fully saturated rings. The number of carbonyl (C=O) groups is 1. The van der Waals surface area contributed by atoms with Crippen LogP contribution >= 0.6 is 0 Å². The highest BCUT2D eigenvalue weighted by Crippen LogP contribution is 2.39. The summed E-state index contributed by atoms with van der Waals surface area (Å²) in [6.45, 7) is 8.17. The van der Waals surface area contributed by atoms with Gasteiger partial charge in [-0.25, -0.2) is 4.79 Å². The fraction of sp³-hybridized carbons (Fsp3) is 0.562. The van der Waals surface area contributed by atoms with Crippen LogP contribution in [0, 0.1) is 5.41 Å². The van der Waals surface area contributed by atoms with Gasteiger partial charge in [-0.15, -0.1) is 0 Å². The fourth-order valence-corrected chi connectivity index (χ4v) is 1.73. The quantitative estimate of drug-likeness (QED) is 0.876. The van der Waals surface area contributed by atoms with E-state index in [4.69, 9.17) is 14.2 Å². The molecule has 0 heterocycles. The first kappa shape index (κ1) is 17.9. The van der Waals surface area contributed by atoms with Crippen molar-refractivity contribution in [2.24, 2.45) is 5.41 Å². The first-order chi connectivity index (χ1) is 10.2. The average Bonchev–Trinajstić information content (AvgIpc) is 2.44. The van der Waals surface area contributed by atoms with Crippen molar-refractivity contribution in [3.63, 3.8) is 0 Å². The zero-order valence-electron chi connectivity index (χ0n) is 14.4. The topological polar surface area (TPSA) is 68.8 Å². The molecule has 1 aromatic rings. The van der Waals surface area contributed by atoms with Gasteiger partial charge in [-0.2, -0.15) is 0 Å². The maximum atomic E-state index is 12.1. The molecule has 1 unspecified atom stereocenters. The SMILES string of the molecule is COc1cc(NC(=O)NC(C)C(C)(C)C)cc(OC)c1OC. The Balaban J connectivity index is 2.92. The minimum atomic E-state index is -0.281. The molecule has 0 radical (unpaired) electrons. The summed E-state index contributed by atoms with van der Waals surface area (Å²) in [5, 5.41) is 5.69. The first-order valence-corrected chi connectivity index (χ1v) is 7.10. The average molecular weight is 310 g/mol. The zero-order chi connectivity index (χ0) is 16.9. The summed E-state index contributed by atoms with van der Waals surface area (Å²) in [5.41, 5.74) is 0.542. The molecule has 0 aliphatic rings. The summed E-state index contributed by atoms with van der Waals surface area (Å²) >= 11 is 0. The Labute approximate surface area is 132 Å². The second kappa shape index (κ2) is 7.24. The third kappa shape index (κ3) is 4.44. The predicted molar refractivity (Wildman–Crippen MR) is 87.2 cm³/mol. The molecule has 0 aromatic heterocycles. The fourth-order valence-electron chi connectivity index (χ4n) is 1.73. The van der Waals surface area contributed by atoms with E-state index in [1.165, 1.54) is 21.3 Å². The smallest absolute Gasteiger partial charge is 0.319 e. The number of hydrogen-bond acceptors (Lipinski definition) is 4. The minimum Gasteiger partial charge on any atom is -0.493 e. The van der Waals surface area contributed by atoms with E-state index < -0.39 is 0 Å². The number of anilines is 1. The van der Waals surface area contributed by atoms with Gasteiger partial charge >= 0.3 is 6.03 Å². The molecule has 0 saturated heterocycles. The maximum Gasteiger partial charge on any atom is 0.319 e. The van der Waals surface area contributed by atoms with Crippen LogP contribution in [0.4, 0.5) is 10.5 Å². The summed E-state index contributed by atoms with van der Waals surface area (Å²) in [6, 6.07) is 3.11. The van der Waals surface area contributed by atoms with Crippen LogP contribution in [0.3, 0.4) is 0 Å². The van der Waals surface area contributed by atoms with Crippen molar-refractivity contribution in [3.8, 4) is 17.2 Å².